The molecule has 1 rings (SSSR count). The molecule has 0 aromatic heterocycles. The first-order valence-corrected chi connectivity index (χ1v) is 8.18. The number of nitrogens with one attached hydrogen (secondary N) is 1. The number of benzene rings is 1. The van der Waals surface area contributed by atoms with Crippen LogP contribution >= 0.6 is 72.9 Å². The zero-order valence-electron chi connectivity index (χ0n) is 8.09. The maximum Gasteiger partial charge on any atom is 0.183 e. The van der Waals surface area contributed by atoms with Crippen LogP contribution in [0.25, 0.3) is 0 Å². The molecule has 0 amide bonds. The van der Waals surface area contributed by atoms with Crippen molar-refractivity contribution in [1.82, 2.24) is 5.32 Å². The molecular weight excluding hydrogens is 516 g/mol. The van der Waals surface area contributed by atoms with Crippen molar-refractivity contribution >= 4 is 83.7 Å². The molecular formula is C9H6BrI2N3S. The molecule has 0 fully saturated rings. The van der Waals surface area contributed by atoms with Crippen molar-refractivity contribution in [3.05, 3.63) is 23.7 Å². The Kier molecular flexibility index (Phi) is 6.38. The van der Waals surface area contributed by atoms with Gasteiger partial charge in [-0.3, -0.25) is 5.32 Å². The Hall–Kier alpha value is 0.470. The van der Waals surface area contributed by atoms with Crippen LogP contribution in [0, 0.1) is 18.6 Å². The molecule has 0 saturated carbocycles. The van der Waals surface area contributed by atoms with Crippen molar-refractivity contribution < 1.29 is 0 Å². The molecule has 1 aromatic rings. The Bertz CT molecular complexity index is 447. The van der Waals surface area contributed by atoms with E-state index in [2.05, 4.69) is 71.4 Å². The third-order valence-electron chi connectivity index (χ3n) is 1.55. The quantitative estimate of drug-likeness (QED) is 0.199. The maximum atomic E-state index is 8.56. The number of hydrogen-bond acceptors (Lipinski definition) is 3. The monoisotopic (exact) mass is 521 g/mol. The molecule has 16 heavy (non-hydrogen) atoms. The van der Waals surface area contributed by atoms with Gasteiger partial charge in [0.2, 0.25) is 0 Å². The van der Waals surface area contributed by atoms with E-state index in [1.807, 2.05) is 24.6 Å². The van der Waals surface area contributed by atoms with E-state index in [1.54, 1.807) is 0 Å². The minimum absolute atomic E-state index is 0.598. The second-order valence-corrected chi connectivity index (χ2v) is 6.61. The number of thioether (sulfide) groups is 1. The summed E-state index contributed by atoms with van der Waals surface area (Å²) in [5, 5.41) is 11.7. The molecule has 3 nitrogen and oxygen atoms in total. The Labute approximate surface area is 134 Å². The van der Waals surface area contributed by atoms with Crippen molar-refractivity contribution in [3.63, 3.8) is 0 Å². The number of nitrogens with zero attached hydrogens (tertiary/aromatic N) is 2. The first-order chi connectivity index (χ1) is 7.58. The fourth-order valence-corrected chi connectivity index (χ4v) is 4.57. The molecule has 0 radical (unpaired) electrons. The van der Waals surface area contributed by atoms with Gasteiger partial charge in [-0.1, -0.05) is 27.7 Å². The Morgan fingerprint density at radius 2 is 2.06 bits per heavy atom. The predicted octanol–water partition coefficient (Wildman–Crippen LogP) is 4.08. The van der Waals surface area contributed by atoms with Crippen LogP contribution in [0.5, 0.6) is 0 Å². The summed E-state index contributed by atoms with van der Waals surface area (Å²) in [6, 6.07) is 3.98. The van der Waals surface area contributed by atoms with Gasteiger partial charge in [-0.05, 0) is 63.6 Å². The number of amidine groups is 1. The SMILES string of the molecule is CSC(=Nc1c(I)cc(Br)cc1I)NC#N. The highest BCUT2D eigenvalue weighted by Crippen LogP contribution is 2.31. The second-order valence-electron chi connectivity index (χ2n) is 2.58. The van der Waals surface area contributed by atoms with Crippen LogP contribution in [0.3, 0.4) is 0 Å². The van der Waals surface area contributed by atoms with Crippen LogP contribution in [-0.4, -0.2) is 11.4 Å². The summed E-state index contributed by atoms with van der Waals surface area (Å²) < 4.78 is 3.12. The van der Waals surface area contributed by atoms with Gasteiger partial charge >= 0.3 is 0 Å². The van der Waals surface area contributed by atoms with Crippen LogP contribution < -0.4 is 5.32 Å². The lowest BCUT2D eigenvalue weighted by molar-refractivity contribution is 1.27. The van der Waals surface area contributed by atoms with Crippen LogP contribution in [0.15, 0.2) is 21.6 Å². The second kappa shape index (κ2) is 7.03. The minimum Gasteiger partial charge on any atom is -0.271 e. The normalized spacial score (nSPS) is 11.1. The van der Waals surface area contributed by atoms with Crippen molar-refractivity contribution in [2.45, 2.75) is 0 Å². The zero-order valence-corrected chi connectivity index (χ0v) is 14.8. The molecule has 0 spiro atoms. The highest BCUT2D eigenvalue weighted by atomic mass is 127. The Morgan fingerprint density at radius 1 is 1.50 bits per heavy atom. The summed E-state index contributed by atoms with van der Waals surface area (Å²) in [7, 11) is 0. The molecule has 0 unspecified atom stereocenters. The first kappa shape index (κ1) is 14.5. The van der Waals surface area contributed by atoms with Crippen molar-refractivity contribution in [1.29, 1.82) is 5.26 Å². The third kappa shape index (κ3) is 4.05. The highest BCUT2D eigenvalue weighted by molar-refractivity contribution is 14.1. The van der Waals surface area contributed by atoms with E-state index >= 15 is 0 Å². The van der Waals surface area contributed by atoms with Crippen LogP contribution in [0.1, 0.15) is 0 Å². The van der Waals surface area contributed by atoms with Gasteiger partial charge in [0.15, 0.2) is 11.4 Å². The smallest absolute Gasteiger partial charge is 0.183 e. The van der Waals surface area contributed by atoms with E-state index in [1.165, 1.54) is 11.8 Å². The Morgan fingerprint density at radius 3 is 2.50 bits per heavy atom. The third-order valence-corrected chi connectivity index (χ3v) is 4.23. The van der Waals surface area contributed by atoms with Crippen molar-refractivity contribution in [2.75, 3.05) is 6.26 Å². The van der Waals surface area contributed by atoms with E-state index in [0.29, 0.717) is 5.17 Å². The average Bonchev–Trinajstić information content (AvgIpc) is 2.21. The summed E-state index contributed by atoms with van der Waals surface area (Å²) in [6.07, 6.45) is 3.75. The minimum atomic E-state index is 0.598. The lowest BCUT2D eigenvalue weighted by Gasteiger charge is -2.05. The molecule has 84 valence electrons. The zero-order chi connectivity index (χ0) is 12.1. The van der Waals surface area contributed by atoms with Crippen LogP contribution in [0.4, 0.5) is 5.69 Å². The van der Waals surface area contributed by atoms with Gasteiger partial charge < -0.3 is 0 Å². The van der Waals surface area contributed by atoms with Gasteiger partial charge in [0, 0.05) is 11.6 Å². The van der Waals surface area contributed by atoms with Gasteiger partial charge in [0.1, 0.15) is 0 Å². The number of rotatable bonds is 1. The molecule has 7 heteroatoms. The molecule has 0 aliphatic carbocycles. The van der Waals surface area contributed by atoms with E-state index in [0.717, 1.165) is 17.3 Å². The van der Waals surface area contributed by atoms with E-state index in [9.17, 15) is 0 Å². The van der Waals surface area contributed by atoms with Gasteiger partial charge in [-0.2, -0.15) is 5.26 Å². The molecule has 0 atom stereocenters. The summed E-state index contributed by atoms with van der Waals surface area (Å²) in [6.45, 7) is 0. The molecule has 0 aliphatic rings. The molecule has 1 N–H and O–H groups in total. The van der Waals surface area contributed by atoms with Gasteiger partial charge in [-0.15, -0.1) is 0 Å². The number of halogens is 3. The lowest BCUT2D eigenvalue weighted by Crippen LogP contribution is -2.12. The fourth-order valence-electron chi connectivity index (χ4n) is 0.915. The number of nitriles is 1. The lowest BCUT2D eigenvalue weighted by atomic mass is 10.3. The fraction of sp³-hybridized carbons (Fsp3) is 0.111. The van der Waals surface area contributed by atoms with E-state index < -0.39 is 0 Å². The first-order valence-electron chi connectivity index (χ1n) is 4.00. The molecule has 1 aromatic carbocycles. The van der Waals surface area contributed by atoms with Crippen LogP contribution in [0.2, 0.25) is 0 Å². The van der Waals surface area contributed by atoms with Crippen LogP contribution in [-0.2, 0) is 0 Å². The maximum absolute atomic E-state index is 8.56. The summed E-state index contributed by atoms with van der Waals surface area (Å²) >= 11 is 9.29. The van der Waals surface area contributed by atoms with E-state index in [4.69, 9.17) is 5.26 Å². The van der Waals surface area contributed by atoms with Crippen molar-refractivity contribution in [3.8, 4) is 6.19 Å². The number of hydrogen-bond donors (Lipinski definition) is 1. The standard InChI is InChI=1S/C9H6BrI2N3S/c1-16-9(14-4-13)15-8-6(11)2-5(10)3-7(8)12/h2-3H,1H3,(H,14,15). The van der Waals surface area contributed by atoms with Crippen molar-refractivity contribution in [2.24, 2.45) is 4.99 Å². The van der Waals surface area contributed by atoms with E-state index in [-0.39, 0.29) is 0 Å². The Balaban J connectivity index is 3.19. The van der Waals surface area contributed by atoms with Gasteiger partial charge in [0.25, 0.3) is 0 Å². The van der Waals surface area contributed by atoms with Gasteiger partial charge in [-0.25, -0.2) is 4.99 Å². The molecule has 0 bridgehead atoms. The average molecular weight is 522 g/mol. The highest BCUT2D eigenvalue weighted by Gasteiger charge is 2.07. The summed E-state index contributed by atoms with van der Waals surface area (Å²) in [5.41, 5.74) is 0.886. The predicted molar refractivity (Wildman–Crippen MR) is 88.9 cm³/mol. The molecule has 0 aliphatic heterocycles. The largest absolute Gasteiger partial charge is 0.271 e. The topological polar surface area (TPSA) is 48.2 Å². The van der Waals surface area contributed by atoms with Gasteiger partial charge in [0.05, 0.1) is 5.69 Å². The summed E-state index contributed by atoms with van der Waals surface area (Å²) in [4.78, 5) is 4.42. The molecule has 0 heterocycles. The molecule has 0 saturated heterocycles. The number of aliphatic imine (C=N–C) groups is 1. The summed E-state index contributed by atoms with van der Waals surface area (Å²) in [5.74, 6) is 0.